The molecule has 3 heterocycles. The largest absolute Gasteiger partial charge is 0.335 e. The summed E-state index contributed by atoms with van der Waals surface area (Å²) in [6.45, 7) is 5.21. The minimum absolute atomic E-state index is 0.207. The highest BCUT2D eigenvalue weighted by molar-refractivity contribution is 5.79. The quantitative estimate of drug-likeness (QED) is 0.853. The van der Waals surface area contributed by atoms with E-state index in [2.05, 4.69) is 26.6 Å². The topological polar surface area (TPSA) is 68.8 Å². The molecule has 1 saturated carbocycles. The number of fused-ring (bicyclic) bond motifs is 1. The smallest absolute Gasteiger partial charge is 0.226 e. The van der Waals surface area contributed by atoms with E-state index in [1.54, 1.807) is 12.7 Å². The summed E-state index contributed by atoms with van der Waals surface area (Å²) < 4.78 is 4.01. The summed E-state index contributed by atoms with van der Waals surface area (Å²) in [5.41, 5.74) is 0. The first-order chi connectivity index (χ1) is 11.2. The number of imidazole rings is 1. The van der Waals surface area contributed by atoms with Crippen LogP contribution < -0.4 is 0 Å². The zero-order chi connectivity index (χ0) is 15.8. The SMILES string of the molecule is CC1CC(C(=O)N2Cc3nccn3CC(Cn3cncn3)C2)C1. The van der Waals surface area contributed by atoms with Gasteiger partial charge in [0.1, 0.15) is 18.5 Å². The van der Waals surface area contributed by atoms with Crippen LogP contribution in [0.3, 0.4) is 0 Å². The maximum atomic E-state index is 12.8. The molecule has 1 amide bonds. The molecule has 1 fully saturated rings. The molecule has 1 aliphatic carbocycles. The molecule has 7 nitrogen and oxygen atoms in total. The molecular weight excluding hydrogens is 292 g/mol. The van der Waals surface area contributed by atoms with E-state index >= 15 is 0 Å². The second-order valence-corrected chi connectivity index (χ2v) is 6.97. The number of amides is 1. The molecular formula is C16H22N6O. The molecule has 7 heteroatoms. The van der Waals surface area contributed by atoms with Crippen LogP contribution in [0.25, 0.3) is 0 Å². The van der Waals surface area contributed by atoms with E-state index in [0.717, 1.165) is 38.3 Å². The number of carbonyl (C=O) groups excluding carboxylic acids is 1. The van der Waals surface area contributed by atoms with Crippen molar-refractivity contribution >= 4 is 5.91 Å². The first-order valence-corrected chi connectivity index (χ1v) is 8.30. The Bertz CT molecular complexity index is 673. The lowest BCUT2D eigenvalue weighted by molar-refractivity contribution is -0.141. The number of aromatic nitrogens is 5. The van der Waals surface area contributed by atoms with Crippen LogP contribution in [0.4, 0.5) is 0 Å². The lowest BCUT2D eigenvalue weighted by atomic mass is 9.75. The Morgan fingerprint density at radius 2 is 2.22 bits per heavy atom. The average Bonchev–Trinajstić information content (AvgIpc) is 3.12. The molecule has 1 unspecified atom stereocenters. The fraction of sp³-hybridized carbons (Fsp3) is 0.625. The van der Waals surface area contributed by atoms with Crippen molar-refractivity contribution in [1.29, 1.82) is 0 Å². The van der Waals surface area contributed by atoms with Crippen LogP contribution >= 0.6 is 0 Å². The lowest BCUT2D eigenvalue weighted by Crippen LogP contribution is -2.43. The number of hydrogen-bond acceptors (Lipinski definition) is 4. The maximum absolute atomic E-state index is 12.8. The summed E-state index contributed by atoms with van der Waals surface area (Å²) in [4.78, 5) is 23.3. The van der Waals surface area contributed by atoms with Crippen LogP contribution in [0.1, 0.15) is 25.6 Å². The highest BCUT2D eigenvalue weighted by atomic mass is 16.2. The van der Waals surface area contributed by atoms with E-state index < -0.39 is 0 Å². The summed E-state index contributed by atoms with van der Waals surface area (Å²) in [5.74, 6) is 2.48. The zero-order valence-electron chi connectivity index (χ0n) is 13.4. The molecule has 0 N–H and O–H groups in total. The summed E-state index contributed by atoms with van der Waals surface area (Å²) in [6, 6.07) is 0. The van der Waals surface area contributed by atoms with Crippen molar-refractivity contribution in [2.75, 3.05) is 6.54 Å². The molecule has 1 atom stereocenters. The third kappa shape index (κ3) is 2.87. The van der Waals surface area contributed by atoms with Crippen molar-refractivity contribution < 1.29 is 4.79 Å². The molecule has 0 bridgehead atoms. The van der Waals surface area contributed by atoms with Crippen molar-refractivity contribution in [2.45, 2.75) is 39.4 Å². The van der Waals surface area contributed by atoms with E-state index in [9.17, 15) is 4.79 Å². The highest BCUT2D eigenvalue weighted by Gasteiger charge is 2.36. The summed E-state index contributed by atoms with van der Waals surface area (Å²) in [5, 5.41) is 4.20. The van der Waals surface area contributed by atoms with Gasteiger partial charge in [-0.25, -0.2) is 9.97 Å². The predicted molar refractivity (Wildman–Crippen MR) is 83.0 cm³/mol. The van der Waals surface area contributed by atoms with Crippen LogP contribution in [0, 0.1) is 17.8 Å². The molecule has 0 radical (unpaired) electrons. The van der Waals surface area contributed by atoms with Crippen LogP contribution in [0.5, 0.6) is 0 Å². The number of rotatable bonds is 3. The van der Waals surface area contributed by atoms with Crippen molar-refractivity contribution in [3.8, 4) is 0 Å². The molecule has 2 aromatic heterocycles. The van der Waals surface area contributed by atoms with Crippen molar-refractivity contribution in [2.24, 2.45) is 17.8 Å². The molecule has 0 aromatic carbocycles. The van der Waals surface area contributed by atoms with Gasteiger partial charge in [-0.05, 0) is 18.8 Å². The minimum Gasteiger partial charge on any atom is -0.335 e. The monoisotopic (exact) mass is 314 g/mol. The van der Waals surface area contributed by atoms with E-state index in [4.69, 9.17) is 0 Å². The third-order valence-electron chi connectivity index (χ3n) is 5.01. The van der Waals surface area contributed by atoms with Gasteiger partial charge in [0.25, 0.3) is 0 Å². The van der Waals surface area contributed by atoms with Gasteiger partial charge in [-0.2, -0.15) is 5.10 Å². The Kier molecular flexibility index (Phi) is 3.63. The van der Waals surface area contributed by atoms with E-state index in [-0.39, 0.29) is 5.92 Å². The molecule has 0 saturated heterocycles. The fourth-order valence-corrected chi connectivity index (χ4v) is 3.78. The van der Waals surface area contributed by atoms with Gasteiger partial charge in [0.2, 0.25) is 5.91 Å². The van der Waals surface area contributed by atoms with E-state index in [1.807, 2.05) is 22.0 Å². The van der Waals surface area contributed by atoms with E-state index in [1.165, 1.54) is 0 Å². The Morgan fingerprint density at radius 3 is 2.96 bits per heavy atom. The van der Waals surface area contributed by atoms with Gasteiger partial charge in [0.05, 0.1) is 6.54 Å². The Balaban J connectivity index is 1.53. The van der Waals surface area contributed by atoms with Crippen LogP contribution in [-0.4, -0.2) is 41.7 Å². The minimum atomic E-state index is 0.207. The Labute approximate surface area is 135 Å². The zero-order valence-corrected chi connectivity index (χ0v) is 13.4. The highest BCUT2D eigenvalue weighted by Crippen LogP contribution is 2.35. The first-order valence-electron chi connectivity index (χ1n) is 8.30. The number of carbonyl (C=O) groups is 1. The van der Waals surface area contributed by atoms with Gasteiger partial charge in [-0.15, -0.1) is 0 Å². The second-order valence-electron chi connectivity index (χ2n) is 6.97. The van der Waals surface area contributed by atoms with Crippen molar-refractivity contribution in [1.82, 2.24) is 29.2 Å². The average molecular weight is 314 g/mol. The van der Waals surface area contributed by atoms with Gasteiger partial charge < -0.3 is 9.47 Å². The number of hydrogen-bond donors (Lipinski definition) is 0. The molecule has 122 valence electrons. The Hall–Kier alpha value is -2.18. The molecule has 2 aromatic rings. The standard InChI is InChI=1S/C16H22N6O/c1-12-4-14(5-12)16(23)21-7-13(8-22-11-17-10-19-22)6-20-3-2-18-15(20)9-21/h2-3,10-14H,4-9H2,1H3. The number of nitrogens with zero attached hydrogens (tertiary/aromatic N) is 6. The van der Waals surface area contributed by atoms with Gasteiger partial charge in [0.15, 0.2) is 0 Å². The van der Waals surface area contributed by atoms with Crippen LogP contribution in [0.2, 0.25) is 0 Å². The summed E-state index contributed by atoms with van der Waals surface area (Å²) in [6.07, 6.45) is 9.16. The third-order valence-corrected chi connectivity index (χ3v) is 5.01. The molecule has 2 aliphatic rings. The molecule has 0 spiro atoms. The molecule has 1 aliphatic heterocycles. The predicted octanol–water partition coefficient (Wildman–Crippen LogP) is 1.18. The van der Waals surface area contributed by atoms with Crippen LogP contribution in [-0.2, 0) is 24.4 Å². The van der Waals surface area contributed by atoms with Crippen LogP contribution in [0.15, 0.2) is 25.0 Å². The van der Waals surface area contributed by atoms with Crippen molar-refractivity contribution in [3.63, 3.8) is 0 Å². The summed E-state index contributed by atoms with van der Waals surface area (Å²) >= 11 is 0. The van der Waals surface area contributed by atoms with Gasteiger partial charge in [0, 0.05) is 43.9 Å². The lowest BCUT2D eigenvalue weighted by Gasteiger charge is -2.36. The van der Waals surface area contributed by atoms with Gasteiger partial charge in [-0.1, -0.05) is 6.92 Å². The maximum Gasteiger partial charge on any atom is 0.226 e. The fourth-order valence-electron chi connectivity index (χ4n) is 3.78. The first kappa shape index (κ1) is 14.4. The van der Waals surface area contributed by atoms with E-state index in [0.29, 0.717) is 24.3 Å². The van der Waals surface area contributed by atoms with Gasteiger partial charge >= 0.3 is 0 Å². The van der Waals surface area contributed by atoms with Crippen molar-refractivity contribution in [3.05, 3.63) is 30.9 Å². The molecule has 23 heavy (non-hydrogen) atoms. The normalized spacial score (nSPS) is 27.2. The Morgan fingerprint density at radius 1 is 1.35 bits per heavy atom. The second kappa shape index (κ2) is 5.79. The van der Waals surface area contributed by atoms with Gasteiger partial charge in [-0.3, -0.25) is 9.48 Å². The molecule has 4 rings (SSSR count). The summed E-state index contributed by atoms with van der Waals surface area (Å²) in [7, 11) is 0.